The van der Waals surface area contributed by atoms with E-state index in [1.165, 1.54) is 48.5 Å². The molecule has 7 aromatic carbocycles. The van der Waals surface area contributed by atoms with Gasteiger partial charge in [0.25, 0.3) is 0 Å². The average molecular weight is 594 g/mol. The molecular weight excluding hydrogens is 567 g/mol. The van der Waals surface area contributed by atoms with Gasteiger partial charge in [-0.15, -0.1) is 0 Å². The van der Waals surface area contributed by atoms with E-state index in [4.69, 9.17) is 9.97 Å². The molecular formula is C41H27N3S. The van der Waals surface area contributed by atoms with Gasteiger partial charge in [0, 0.05) is 27.0 Å². The first-order valence-corrected chi connectivity index (χ1v) is 16.1. The second kappa shape index (κ2) is 10.6. The van der Waals surface area contributed by atoms with Gasteiger partial charge in [0.15, 0.2) is 5.82 Å². The van der Waals surface area contributed by atoms with Gasteiger partial charge >= 0.3 is 0 Å². The molecule has 1 N–H and O–H groups in total. The summed E-state index contributed by atoms with van der Waals surface area (Å²) < 4.78 is 0. The van der Waals surface area contributed by atoms with Crippen LogP contribution >= 0.6 is 11.8 Å². The number of nitrogens with one attached hydrogen (secondary N) is 1. The van der Waals surface area contributed by atoms with Crippen molar-refractivity contribution in [1.82, 2.24) is 9.97 Å². The summed E-state index contributed by atoms with van der Waals surface area (Å²) in [7, 11) is 0. The van der Waals surface area contributed by atoms with E-state index < -0.39 is 0 Å². The molecule has 2 heterocycles. The van der Waals surface area contributed by atoms with Crippen LogP contribution in [0, 0.1) is 0 Å². The van der Waals surface area contributed by atoms with Gasteiger partial charge in [-0.05, 0) is 56.8 Å². The van der Waals surface area contributed by atoms with Crippen LogP contribution in [0.3, 0.4) is 0 Å². The van der Waals surface area contributed by atoms with E-state index in [1.54, 1.807) is 0 Å². The summed E-state index contributed by atoms with van der Waals surface area (Å²) in [5, 5.41) is 11.3. The number of anilines is 1. The van der Waals surface area contributed by atoms with Gasteiger partial charge in [-0.3, -0.25) is 0 Å². The van der Waals surface area contributed by atoms with Crippen molar-refractivity contribution in [1.29, 1.82) is 0 Å². The second-order valence-corrected chi connectivity index (χ2v) is 12.6. The predicted octanol–water partition coefficient (Wildman–Crippen LogP) is 11.2. The van der Waals surface area contributed by atoms with Crippen LogP contribution in [0.5, 0.6) is 0 Å². The number of hydrogen-bond donors (Lipinski definition) is 1. The van der Waals surface area contributed by atoms with Crippen LogP contribution in [-0.4, -0.2) is 9.97 Å². The molecule has 1 unspecified atom stereocenters. The fourth-order valence-corrected chi connectivity index (χ4v) is 7.56. The van der Waals surface area contributed by atoms with Crippen molar-refractivity contribution in [3.8, 4) is 33.9 Å². The van der Waals surface area contributed by atoms with Gasteiger partial charge in [0.1, 0.15) is 5.37 Å². The van der Waals surface area contributed by atoms with E-state index in [1.807, 2.05) is 17.8 Å². The van der Waals surface area contributed by atoms with Gasteiger partial charge in [-0.25, -0.2) is 9.97 Å². The van der Waals surface area contributed by atoms with E-state index in [-0.39, 0.29) is 5.37 Å². The lowest BCUT2D eigenvalue weighted by atomic mass is 9.98. The average Bonchev–Trinajstić information content (AvgIpc) is 3.56. The Balaban J connectivity index is 1.18. The van der Waals surface area contributed by atoms with Crippen LogP contribution in [0.1, 0.15) is 10.9 Å². The van der Waals surface area contributed by atoms with E-state index in [9.17, 15) is 0 Å². The van der Waals surface area contributed by atoms with E-state index in [0.29, 0.717) is 0 Å². The van der Waals surface area contributed by atoms with Crippen LogP contribution < -0.4 is 5.32 Å². The summed E-state index contributed by atoms with van der Waals surface area (Å²) in [5.41, 5.74) is 7.47. The Bertz CT molecular complexity index is 2390. The van der Waals surface area contributed by atoms with Crippen LogP contribution in [0.25, 0.3) is 66.2 Å². The zero-order chi connectivity index (χ0) is 29.7. The van der Waals surface area contributed by atoms with Crippen molar-refractivity contribution in [2.75, 3.05) is 5.32 Å². The standard InChI is InChI=1S/C41H27N3S/c1-3-10-27(11-4-1)35-25-36(32-18-15-26-9-7-8-14-30(26)23-32)43-40(42-35)33-19-21-34-31(24-33)17-16-28-20-22-37-39(38(28)34)44-41(45-37)29-12-5-2-6-13-29/h1-25,41,44H. The zero-order valence-corrected chi connectivity index (χ0v) is 25.1. The third kappa shape index (κ3) is 4.62. The lowest BCUT2D eigenvalue weighted by Crippen LogP contribution is -2.01. The van der Waals surface area contributed by atoms with Gasteiger partial charge in [-0.1, -0.05) is 139 Å². The highest BCUT2D eigenvalue weighted by Crippen LogP contribution is 2.50. The quantitative estimate of drug-likeness (QED) is 0.206. The predicted molar refractivity (Wildman–Crippen MR) is 190 cm³/mol. The maximum absolute atomic E-state index is 5.15. The first-order valence-electron chi connectivity index (χ1n) is 15.2. The Morgan fingerprint density at radius 1 is 0.489 bits per heavy atom. The molecule has 0 spiro atoms. The molecule has 0 aliphatic carbocycles. The minimum Gasteiger partial charge on any atom is -0.368 e. The smallest absolute Gasteiger partial charge is 0.160 e. The van der Waals surface area contributed by atoms with Crippen molar-refractivity contribution in [3.05, 3.63) is 157 Å². The maximum Gasteiger partial charge on any atom is 0.160 e. The largest absolute Gasteiger partial charge is 0.368 e. The molecule has 1 aliphatic rings. The molecule has 1 aromatic heterocycles. The van der Waals surface area contributed by atoms with Crippen molar-refractivity contribution in [2.45, 2.75) is 10.3 Å². The highest BCUT2D eigenvalue weighted by Gasteiger charge is 2.25. The van der Waals surface area contributed by atoms with Gasteiger partial charge < -0.3 is 5.32 Å². The maximum atomic E-state index is 5.15. The summed E-state index contributed by atoms with van der Waals surface area (Å²) >= 11 is 1.88. The fourth-order valence-electron chi connectivity index (χ4n) is 6.41. The Morgan fingerprint density at radius 2 is 1.13 bits per heavy atom. The van der Waals surface area contributed by atoms with E-state index >= 15 is 0 Å². The van der Waals surface area contributed by atoms with Crippen molar-refractivity contribution in [2.24, 2.45) is 0 Å². The minimum atomic E-state index is 0.198. The second-order valence-electron chi connectivity index (χ2n) is 11.5. The third-order valence-electron chi connectivity index (χ3n) is 8.68. The Kier molecular flexibility index (Phi) is 6.13. The van der Waals surface area contributed by atoms with E-state index in [0.717, 1.165) is 33.9 Å². The van der Waals surface area contributed by atoms with Gasteiger partial charge in [0.2, 0.25) is 0 Å². The van der Waals surface area contributed by atoms with Gasteiger partial charge in [0.05, 0.1) is 17.1 Å². The molecule has 1 aliphatic heterocycles. The highest BCUT2D eigenvalue weighted by atomic mass is 32.2. The zero-order valence-electron chi connectivity index (χ0n) is 24.3. The fraction of sp³-hybridized carbons (Fsp3) is 0.0244. The summed E-state index contributed by atoms with van der Waals surface area (Å²) in [6.07, 6.45) is 0. The van der Waals surface area contributed by atoms with E-state index in [2.05, 4.69) is 151 Å². The summed E-state index contributed by atoms with van der Waals surface area (Å²) in [6, 6.07) is 53.7. The number of nitrogens with zero attached hydrogens (tertiary/aromatic N) is 2. The molecule has 0 fully saturated rings. The molecule has 8 aromatic rings. The number of thioether (sulfide) groups is 1. The Hall–Kier alpha value is -5.45. The van der Waals surface area contributed by atoms with Crippen molar-refractivity contribution < 1.29 is 0 Å². The first kappa shape index (κ1) is 26.0. The molecule has 0 saturated heterocycles. The SMILES string of the molecule is c1ccc(-c2cc(-c3ccc4ccccc4c3)nc(-c3ccc4c(ccc5ccc6c(c54)NC(c4ccccc4)S6)c3)n2)cc1. The van der Waals surface area contributed by atoms with Crippen LogP contribution in [-0.2, 0) is 0 Å². The van der Waals surface area contributed by atoms with Crippen molar-refractivity contribution >= 4 is 49.8 Å². The monoisotopic (exact) mass is 593 g/mol. The van der Waals surface area contributed by atoms with Crippen molar-refractivity contribution in [3.63, 3.8) is 0 Å². The normalized spacial score (nSPS) is 14.1. The molecule has 0 bridgehead atoms. The van der Waals surface area contributed by atoms with Crippen LogP contribution in [0.2, 0.25) is 0 Å². The molecule has 9 rings (SSSR count). The highest BCUT2D eigenvalue weighted by molar-refractivity contribution is 8.00. The molecule has 212 valence electrons. The summed E-state index contributed by atoms with van der Waals surface area (Å²) in [6.45, 7) is 0. The Morgan fingerprint density at radius 3 is 1.98 bits per heavy atom. The molecule has 45 heavy (non-hydrogen) atoms. The topological polar surface area (TPSA) is 37.8 Å². The van der Waals surface area contributed by atoms with Crippen LogP contribution in [0.4, 0.5) is 5.69 Å². The minimum absolute atomic E-state index is 0.198. The number of hydrogen-bond acceptors (Lipinski definition) is 4. The number of rotatable bonds is 4. The molecule has 3 nitrogen and oxygen atoms in total. The summed E-state index contributed by atoms with van der Waals surface area (Å²) in [4.78, 5) is 11.5. The van der Waals surface area contributed by atoms with Crippen LogP contribution in [0.15, 0.2) is 157 Å². The number of aromatic nitrogens is 2. The third-order valence-corrected chi connectivity index (χ3v) is 9.90. The molecule has 0 radical (unpaired) electrons. The lowest BCUT2D eigenvalue weighted by molar-refractivity contribution is 1.14. The Labute approximate surface area is 265 Å². The lowest BCUT2D eigenvalue weighted by Gasteiger charge is -2.13. The molecule has 0 saturated carbocycles. The molecule has 1 atom stereocenters. The van der Waals surface area contributed by atoms with Gasteiger partial charge in [-0.2, -0.15) is 0 Å². The molecule has 4 heteroatoms. The summed E-state index contributed by atoms with van der Waals surface area (Å²) in [5.74, 6) is 0.720. The number of fused-ring (bicyclic) bond motifs is 6. The first-order chi connectivity index (χ1) is 22.3. The number of benzene rings is 7. The molecule has 0 amide bonds.